The van der Waals surface area contributed by atoms with Crippen LogP contribution in [0.1, 0.15) is 31.2 Å². The predicted molar refractivity (Wildman–Crippen MR) is 88.4 cm³/mol. The first kappa shape index (κ1) is 16.5. The van der Waals surface area contributed by atoms with Crippen LogP contribution in [0.3, 0.4) is 0 Å². The van der Waals surface area contributed by atoms with E-state index in [0.29, 0.717) is 12.6 Å². The first-order valence-corrected chi connectivity index (χ1v) is 8.30. The summed E-state index contributed by atoms with van der Waals surface area (Å²) < 4.78 is 1.02. The molecule has 1 saturated heterocycles. The van der Waals surface area contributed by atoms with Crippen LogP contribution in [0.2, 0.25) is 0 Å². The van der Waals surface area contributed by atoms with E-state index < -0.39 is 0 Å². The van der Waals surface area contributed by atoms with E-state index in [4.69, 9.17) is 5.11 Å². The molecule has 0 spiro atoms. The third-order valence-corrected chi connectivity index (χ3v) is 4.50. The van der Waals surface area contributed by atoms with Crippen molar-refractivity contribution in [2.24, 2.45) is 0 Å². The number of aliphatic hydroxyl groups is 1. The van der Waals surface area contributed by atoms with Gasteiger partial charge in [0, 0.05) is 22.8 Å². The summed E-state index contributed by atoms with van der Waals surface area (Å²) in [4.78, 5) is 14.4. The quantitative estimate of drug-likeness (QED) is 0.825. The van der Waals surface area contributed by atoms with Crippen LogP contribution in [-0.4, -0.2) is 41.7 Å². The average Bonchev–Trinajstić information content (AvgIpc) is 2.87. The van der Waals surface area contributed by atoms with E-state index in [1.165, 1.54) is 0 Å². The SMILES string of the molecule is Cc1cc(Br)ccc1NC(=O)CN1CCCC1CCCO. The highest BCUT2D eigenvalue weighted by molar-refractivity contribution is 9.10. The van der Waals surface area contributed by atoms with E-state index in [0.717, 1.165) is 48.0 Å². The second-order valence-electron chi connectivity index (χ2n) is 5.64. The Labute approximate surface area is 134 Å². The highest BCUT2D eigenvalue weighted by Gasteiger charge is 2.25. The van der Waals surface area contributed by atoms with Crippen molar-refractivity contribution in [2.75, 3.05) is 25.0 Å². The molecule has 1 atom stereocenters. The highest BCUT2D eigenvalue weighted by atomic mass is 79.9. The summed E-state index contributed by atoms with van der Waals surface area (Å²) in [6.45, 7) is 3.63. The van der Waals surface area contributed by atoms with Gasteiger partial charge in [0.15, 0.2) is 0 Å². The Hall–Kier alpha value is -0.910. The van der Waals surface area contributed by atoms with Gasteiger partial charge in [-0.1, -0.05) is 15.9 Å². The molecule has 2 N–H and O–H groups in total. The number of nitrogens with one attached hydrogen (secondary N) is 1. The normalized spacial score (nSPS) is 18.9. The van der Waals surface area contributed by atoms with Crippen LogP contribution in [0.4, 0.5) is 5.69 Å². The van der Waals surface area contributed by atoms with Crippen molar-refractivity contribution in [1.29, 1.82) is 0 Å². The van der Waals surface area contributed by atoms with Crippen LogP contribution < -0.4 is 5.32 Å². The molecule has 0 aliphatic carbocycles. The molecule has 116 valence electrons. The van der Waals surface area contributed by atoms with E-state index in [9.17, 15) is 4.79 Å². The van der Waals surface area contributed by atoms with E-state index >= 15 is 0 Å². The molecule has 1 aromatic rings. The van der Waals surface area contributed by atoms with E-state index in [1.807, 2.05) is 25.1 Å². The van der Waals surface area contributed by atoms with Gasteiger partial charge < -0.3 is 10.4 Å². The Balaban J connectivity index is 1.89. The number of carbonyl (C=O) groups is 1. The van der Waals surface area contributed by atoms with Crippen molar-refractivity contribution in [2.45, 2.75) is 38.6 Å². The lowest BCUT2D eigenvalue weighted by Gasteiger charge is -2.23. The third kappa shape index (κ3) is 4.80. The first-order valence-electron chi connectivity index (χ1n) is 7.51. The second kappa shape index (κ2) is 7.92. The van der Waals surface area contributed by atoms with Crippen molar-refractivity contribution in [3.8, 4) is 0 Å². The lowest BCUT2D eigenvalue weighted by molar-refractivity contribution is -0.117. The van der Waals surface area contributed by atoms with Crippen molar-refractivity contribution in [3.63, 3.8) is 0 Å². The lowest BCUT2D eigenvalue weighted by Crippen LogP contribution is -2.37. The monoisotopic (exact) mass is 354 g/mol. The number of aliphatic hydroxyl groups excluding tert-OH is 1. The molecule has 21 heavy (non-hydrogen) atoms. The summed E-state index contributed by atoms with van der Waals surface area (Å²) in [7, 11) is 0. The molecule has 4 nitrogen and oxygen atoms in total. The molecular weight excluding hydrogens is 332 g/mol. The maximum Gasteiger partial charge on any atom is 0.238 e. The molecule has 0 radical (unpaired) electrons. The van der Waals surface area contributed by atoms with Crippen molar-refractivity contribution in [3.05, 3.63) is 28.2 Å². The van der Waals surface area contributed by atoms with Gasteiger partial charge in [-0.05, 0) is 62.9 Å². The van der Waals surface area contributed by atoms with Gasteiger partial charge in [0.05, 0.1) is 6.54 Å². The fourth-order valence-corrected chi connectivity index (χ4v) is 3.37. The van der Waals surface area contributed by atoms with Crippen LogP contribution in [-0.2, 0) is 4.79 Å². The molecule has 0 aromatic heterocycles. The number of hydrogen-bond donors (Lipinski definition) is 2. The molecule has 0 bridgehead atoms. The number of hydrogen-bond acceptors (Lipinski definition) is 3. The molecule has 1 heterocycles. The second-order valence-corrected chi connectivity index (χ2v) is 6.56. The van der Waals surface area contributed by atoms with Crippen LogP contribution in [0.5, 0.6) is 0 Å². The number of benzene rings is 1. The summed E-state index contributed by atoms with van der Waals surface area (Å²) in [6.07, 6.45) is 4.06. The minimum atomic E-state index is 0.0383. The number of aryl methyl sites for hydroxylation is 1. The molecule has 1 aliphatic rings. The topological polar surface area (TPSA) is 52.6 Å². The van der Waals surface area contributed by atoms with Crippen molar-refractivity contribution < 1.29 is 9.90 Å². The minimum absolute atomic E-state index is 0.0383. The van der Waals surface area contributed by atoms with Gasteiger partial charge >= 0.3 is 0 Å². The lowest BCUT2D eigenvalue weighted by atomic mass is 10.1. The standard InChI is InChI=1S/C16H23BrN2O2/c1-12-10-13(17)6-7-15(12)18-16(21)11-19-8-2-4-14(19)5-3-9-20/h6-7,10,14,20H,2-5,8-9,11H2,1H3,(H,18,21). The van der Waals surface area contributed by atoms with Gasteiger partial charge in [0.1, 0.15) is 0 Å². The van der Waals surface area contributed by atoms with Gasteiger partial charge in [-0.15, -0.1) is 0 Å². The minimum Gasteiger partial charge on any atom is -0.396 e. The Kier molecular flexibility index (Phi) is 6.21. The van der Waals surface area contributed by atoms with Crippen molar-refractivity contribution in [1.82, 2.24) is 4.90 Å². The van der Waals surface area contributed by atoms with Crippen LogP contribution in [0.25, 0.3) is 0 Å². The number of amides is 1. The molecule has 2 rings (SSSR count). The summed E-state index contributed by atoms with van der Waals surface area (Å²) in [5.74, 6) is 0.0383. The molecule has 0 saturated carbocycles. The average molecular weight is 355 g/mol. The zero-order valence-electron chi connectivity index (χ0n) is 12.4. The van der Waals surface area contributed by atoms with Gasteiger partial charge in [0.2, 0.25) is 5.91 Å². The number of likely N-dealkylation sites (tertiary alicyclic amines) is 1. The van der Waals surface area contributed by atoms with E-state index in [2.05, 4.69) is 26.1 Å². The Bertz CT molecular complexity index is 493. The summed E-state index contributed by atoms with van der Waals surface area (Å²) in [6, 6.07) is 6.29. The fourth-order valence-electron chi connectivity index (χ4n) is 2.90. The predicted octanol–water partition coefficient (Wildman–Crippen LogP) is 2.93. The Morgan fingerprint density at radius 2 is 2.33 bits per heavy atom. The molecule has 1 unspecified atom stereocenters. The number of halogens is 1. The van der Waals surface area contributed by atoms with Crippen molar-refractivity contribution >= 4 is 27.5 Å². The number of rotatable bonds is 6. The third-order valence-electron chi connectivity index (χ3n) is 4.00. The fraction of sp³-hybridized carbons (Fsp3) is 0.562. The van der Waals surface area contributed by atoms with Crippen LogP contribution in [0.15, 0.2) is 22.7 Å². The molecule has 1 fully saturated rings. The summed E-state index contributed by atoms with van der Waals surface area (Å²) in [5.41, 5.74) is 1.92. The molecule has 1 amide bonds. The zero-order valence-corrected chi connectivity index (χ0v) is 14.0. The van der Waals surface area contributed by atoms with E-state index in [1.54, 1.807) is 0 Å². The number of nitrogens with zero attached hydrogens (tertiary/aromatic N) is 1. The highest BCUT2D eigenvalue weighted by Crippen LogP contribution is 2.22. The van der Waals surface area contributed by atoms with Crippen LogP contribution >= 0.6 is 15.9 Å². The maximum absolute atomic E-state index is 12.2. The molecule has 1 aromatic carbocycles. The zero-order chi connectivity index (χ0) is 15.2. The van der Waals surface area contributed by atoms with Gasteiger partial charge in [-0.25, -0.2) is 0 Å². The van der Waals surface area contributed by atoms with Gasteiger partial charge in [-0.2, -0.15) is 0 Å². The Morgan fingerprint density at radius 1 is 1.52 bits per heavy atom. The molecule has 5 heteroatoms. The Morgan fingerprint density at radius 3 is 3.05 bits per heavy atom. The first-order chi connectivity index (χ1) is 10.1. The number of carbonyl (C=O) groups excluding carboxylic acids is 1. The largest absolute Gasteiger partial charge is 0.396 e. The van der Waals surface area contributed by atoms with Crippen LogP contribution in [0, 0.1) is 6.92 Å². The maximum atomic E-state index is 12.2. The molecule has 1 aliphatic heterocycles. The smallest absolute Gasteiger partial charge is 0.238 e. The number of anilines is 1. The molecular formula is C16H23BrN2O2. The summed E-state index contributed by atoms with van der Waals surface area (Å²) in [5, 5.41) is 11.9. The van der Waals surface area contributed by atoms with Gasteiger partial charge in [0.25, 0.3) is 0 Å². The van der Waals surface area contributed by atoms with E-state index in [-0.39, 0.29) is 12.5 Å². The van der Waals surface area contributed by atoms with Gasteiger partial charge in [-0.3, -0.25) is 9.69 Å². The summed E-state index contributed by atoms with van der Waals surface area (Å²) >= 11 is 3.42.